The fourth-order valence-electron chi connectivity index (χ4n) is 1.70. The number of nitrogens with two attached hydrogens (primary N) is 1. The van der Waals surface area contributed by atoms with Gasteiger partial charge in [-0.2, -0.15) is 0 Å². The molecule has 1 heterocycles. The largest absolute Gasteiger partial charge is 0.465 e. The summed E-state index contributed by atoms with van der Waals surface area (Å²) in [4.78, 5) is -0.469. The van der Waals surface area contributed by atoms with E-state index in [1.807, 2.05) is 0 Å². The van der Waals surface area contributed by atoms with Gasteiger partial charge in [0.15, 0.2) is 0 Å². The van der Waals surface area contributed by atoms with E-state index in [1.165, 1.54) is 0 Å². The molecule has 0 radical (unpaired) electrons. The summed E-state index contributed by atoms with van der Waals surface area (Å²) in [5.74, 6) is 0.288. The minimum atomic E-state index is -3.98. The molecule has 0 saturated carbocycles. The Balaban J connectivity index is 2.24. The molecule has 0 amide bonds. The van der Waals surface area contributed by atoms with E-state index in [0.29, 0.717) is 17.1 Å². The lowest BCUT2D eigenvalue weighted by molar-refractivity contribution is 0.474. The van der Waals surface area contributed by atoms with Crippen molar-refractivity contribution in [1.82, 2.24) is 4.72 Å². The molecule has 1 aromatic heterocycles. The van der Waals surface area contributed by atoms with Gasteiger partial charge in [-0.05, 0) is 43.7 Å². The Morgan fingerprint density at radius 3 is 2.60 bits per heavy atom. The molecular weight excluding hydrogens is 283 g/mol. The Labute approximate surface area is 116 Å². The average molecular weight is 298 g/mol. The number of rotatable bonds is 4. The van der Waals surface area contributed by atoms with Gasteiger partial charge in [-0.15, -0.1) is 0 Å². The molecule has 1 aromatic carbocycles. The van der Waals surface area contributed by atoms with Gasteiger partial charge >= 0.3 is 0 Å². The lowest BCUT2D eigenvalue weighted by Crippen LogP contribution is -2.24. The Hall–Kier alpha value is -1.86. The zero-order valence-electron chi connectivity index (χ0n) is 11.1. The van der Waals surface area contributed by atoms with Gasteiger partial charge in [0, 0.05) is 5.69 Å². The van der Waals surface area contributed by atoms with Crippen molar-refractivity contribution in [3.05, 3.63) is 47.2 Å². The normalized spacial score (nSPS) is 11.8. The van der Waals surface area contributed by atoms with Gasteiger partial charge < -0.3 is 10.2 Å². The predicted octanol–water partition coefficient (Wildman–Crippen LogP) is 2.10. The Morgan fingerprint density at radius 2 is 2.00 bits per heavy atom. The highest BCUT2D eigenvalue weighted by Gasteiger charge is 2.20. The number of furan rings is 1. The predicted molar refractivity (Wildman–Crippen MR) is 73.0 cm³/mol. The minimum Gasteiger partial charge on any atom is -0.465 e. The van der Waals surface area contributed by atoms with Crippen molar-refractivity contribution in [1.29, 1.82) is 0 Å². The van der Waals surface area contributed by atoms with E-state index in [-0.39, 0.29) is 12.2 Å². The summed E-state index contributed by atoms with van der Waals surface area (Å²) >= 11 is 0. The van der Waals surface area contributed by atoms with Crippen LogP contribution in [0.3, 0.4) is 0 Å². The van der Waals surface area contributed by atoms with Crippen LogP contribution in [0.4, 0.5) is 10.1 Å². The monoisotopic (exact) mass is 298 g/mol. The van der Waals surface area contributed by atoms with Gasteiger partial charge in [0.25, 0.3) is 0 Å². The fourth-order valence-corrected chi connectivity index (χ4v) is 2.78. The molecule has 7 heteroatoms. The van der Waals surface area contributed by atoms with Crippen LogP contribution in [0, 0.1) is 19.7 Å². The second-order valence-corrected chi connectivity index (χ2v) is 6.21. The van der Waals surface area contributed by atoms with Gasteiger partial charge in [-0.1, -0.05) is 0 Å². The summed E-state index contributed by atoms with van der Waals surface area (Å²) in [6, 6.07) is 5.58. The second-order valence-electron chi connectivity index (χ2n) is 4.48. The summed E-state index contributed by atoms with van der Waals surface area (Å²) < 4.78 is 45.4. The Kier molecular flexibility index (Phi) is 3.82. The number of benzene rings is 1. The molecule has 5 nitrogen and oxygen atoms in total. The highest BCUT2D eigenvalue weighted by Crippen LogP contribution is 2.21. The van der Waals surface area contributed by atoms with E-state index < -0.39 is 20.7 Å². The van der Waals surface area contributed by atoms with Crippen LogP contribution < -0.4 is 10.5 Å². The maximum absolute atomic E-state index is 13.8. The topological polar surface area (TPSA) is 85.3 Å². The van der Waals surface area contributed by atoms with Crippen LogP contribution in [-0.4, -0.2) is 8.42 Å². The lowest BCUT2D eigenvalue weighted by Gasteiger charge is -2.09. The molecule has 0 bridgehead atoms. The van der Waals surface area contributed by atoms with E-state index in [1.54, 1.807) is 26.0 Å². The van der Waals surface area contributed by atoms with Crippen molar-refractivity contribution in [2.75, 3.05) is 5.73 Å². The molecule has 0 atom stereocenters. The first kappa shape index (κ1) is 14.5. The van der Waals surface area contributed by atoms with Gasteiger partial charge in [-0.3, -0.25) is 0 Å². The third-order valence-electron chi connectivity index (χ3n) is 2.84. The fraction of sp³-hybridized carbons (Fsp3) is 0.231. The lowest BCUT2D eigenvalue weighted by atomic mass is 10.2. The summed E-state index contributed by atoms with van der Waals surface area (Å²) in [6.07, 6.45) is 0. The smallest absolute Gasteiger partial charge is 0.243 e. The molecule has 0 aliphatic rings. The zero-order valence-corrected chi connectivity index (χ0v) is 11.9. The molecule has 0 unspecified atom stereocenters. The Morgan fingerprint density at radius 1 is 1.30 bits per heavy atom. The molecular formula is C13H15FN2O3S. The highest BCUT2D eigenvalue weighted by molar-refractivity contribution is 7.89. The molecule has 0 aliphatic carbocycles. The van der Waals surface area contributed by atoms with Crippen molar-refractivity contribution < 1.29 is 17.2 Å². The number of anilines is 1. The van der Waals surface area contributed by atoms with Gasteiger partial charge in [0.05, 0.1) is 6.54 Å². The quantitative estimate of drug-likeness (QED) is 0.846. The van der Waals surface area contributed by atoms with E-state index in [0.717, 1.165) is 12.1 Å². The number of sulfonamides is 1. The van der Waals surface area contributed by atoms with Crippen LogP contribution >= 0.6 is 0 Å². The molecule has 0 spiro atoms. The first-order valence-electron chi connectivity index (χ1n) is 5.90. The van der Waals surface area contributed by atoms with Crippen molar-refractivity contribution in [3.8, 4) is 0 Å². The molecule has 108 valence electrons. The first-order valence-corrected chi connectivity index (χ1v) is 7.38. The van der Waals surface area contributed by atoms with Crippen molar-refractivity contribution in [2.45, 2.75) is 25.3 Å². The van der Waals surface area contributed by atoms with Gasteiger partial charge in [0.2, 0.25) is 10.0 Å². The molecule has 0 fully saturated rings. The molecule has 2 aromatic rings. The number of aryl methyl sites for hydroxylation is 2. The van der Waals surface area contributed by atoms with E-state index in [9.17, 15) is 12.8 Å². The van der Waals surface area contributed by atoms with Crippen molar-refractivity contribution in [3.63, 3.8) is 0 Å². The van der Waals surface area contributed by atoms with Crippen molar-refractivity contribution in [2.24, 2.45) is 0 Å². The average Bonchev–Trinajstić information content (AvgIpc) is 2.77. The van der Waals surface area contributed by atoms with Crippen LogP contribution in [0.5, 0.6) is 0 Å². The van der Waals surface area contributed by atoms with Crippen LogP contribution in [0.2, 0.25) is 0 Å². The molecule has 0 saturated heterocycles. The van der Waals surface area contributed by atoms with E-state index in [2.05, 4.69) is 4.72 Å². The van der Waals surface area contributed by atoms with Gasteiger partial charge in [0.1, 0.15) is 22.2 Å². The summed E-state index contributed by atoms with van der Waals surface area (Å²) in [5.41, 5.74) is 6.33. The number of hydrogen-bond donors (Lipinski definition) is 2. The Bertz CT molecular complexity index is 738. The van der Waals surface area contributed by atoms with E-state index >= 15 is 0 Å². The standard InChI is InChI=1S/C13H15FN2O3S/c1-8-5-11(14)13(6-12(8)15)20(17,18)16-7-10-4-3-9(2)19-10/h3-6,16H,7,15H2,1-2H3. The van der Waals surface area contributed by atoms with Crippen LogP contribution in [0.15, 0.2) is 33.6 Å². The number of nitrogens with one attached hydrogen (secondary N) is 1. The third kappa shape index (κ3) is 3.00. The maximum atomic E-state index is 13.8. The third-order valence-corrected chi connectivity index (χ3v) is 4.26. The number of hydrogen-bond acceptors (Lipinski definition) is 4. The minimum absolute atomic E-state index is 0.0522. The van der Waals surface area contributed by atoms with Crippen molar-refractivity contribution >= 4 is 15.7 Å². The summed E-state index contributed by atoms with van der Waals surface area (Å²) in [6.45, 7) is 3.30. The second kappa shape index (κ2) is 5.26. The SMILES string of the molecule is Cc1ccc(CNS(=O)(=O)c2cc(N)c(C)cc2F)o1. The number of nitrogen functional groups attached to an aromatic ring is 1. The van der Waals surface area contributed by atoms with Gasteiger partial charge in [-0.25, -0.2) is 17.5 Å². The van der Waals surface area contributed by atoms with E-state index in [4.69, 9.17) is 10.2 Å². The summed E-state index contributed by atoms with van der Waals surface area (Å²) in [5, 5.41) is 0. The van der Waals surface area contributed by atoms with Crippen LogP contribution in [0.25, 0.3) is 0 Å². The molecule has 3 N–H and O–H groups in total. The first-order chi connectivity index (χ1) is 9.29. The maximum Gasteiger partial charge on any atom is 0.243 e. The highest BCUT2D eigenvalue weighted by atomic mass is 32.2. The number of halogens is 1. The van der Waals surface area contributed by atoms with Crippen LogP contribution in [0.1, 0.15) is 17.1 Å². The van der Waals surface area contributed by atoms with Crippen LogP contribution in [-0.2, 0) is 16.6 Å². The molecule has 0 aliphatic heterocycles. The zero-order chi connectivity index (χ0) is 14.9. The molecule has 2 rings (SSSR count). The summed E-state index contributed by atoms with van der Waals surface area (Å²) in [7, 11) is -3.98. The molecule has 20 heavy (non-hydrogen) atoms.